The van der Waals surface area contributed by atoms with E-state index in [0.29, 0.717) is 30.8 Å². The van der Waals surface area contributed by atoms with E-state index in [1.807, 2.05) is 4.90 Å². The molecule has 2 N–H and O–H groups in total. The Labute approximate surface area is 177 Å². The number of amides is 1. The van der Waals surface area contributed by atoms with Crippen molar-refractivity contribution < 1.29 is 32.2 Å². The summed E-state index contributed by atoms with van der Waals surface area (Å²) in [5.41, 5.74) is 0.0104. The van der Waals surface area contributed by atoms with Crippen LogP contribution in [-0.2, 0) is 24.1 Å². The number of carbonyl (C=O) groups excluding carboxylic acids is 1. The Hall–Kier alpha value is -2.65. The zero-order valence-electron chi connectivity index (χ0n) is 17.0. The first-order valence-corrected chi connectivity index (χ1v) is 9.86. The highest BCUT2D eigenvalue weighted by Crippen LogP contribution is 2.30. The van der Waals surface area contributed by atoms with Crippen LogP contribution in [0.3, 0.4) is 0 Å². The number of alkyl halides is 3. The van der Waals surface area contributed by atoms with Crippen molar-refractivity contribution in [2.75, 3.05) is 19.7 Å². The topological polar surface area (TPSA) is 61.8 Å². The number of ether oxygens (including phenoxy) is 1. The van der Waals surface area contributed by atoms with E-state index in [4.69, 9.17) is 9.84 Å². The third kappa shape index (κ3) is 6.18. The fraction of sp³-hybridized carbons (Fsp3) is 0.409. The van der Waals surface area contributed by atoms with Gasteiger partial charge in [0.1, 0.15) is 18.2 Å². The van der Waals surface area contributed by atoms with Crippen molar-refractivity contribution in [1.82, 2.24) is 10.2 Å². The number of hydrogen-bond donors (Lipinski definition) is 2. The van der Waals surface area contributed by atoms with Crippen LogP contribution in [0.15, 0.2) is 42.5 Å². The molecule has 0 radical (unpaired) electrons. The number of rotatable bonds is 8. The summed E-state index contributed by atoms with van der Waals surface area (Å²) < 4.78 is 58.2. The van der Waals surface area contributed by atoms with Gasteiger partial charge < -0.3 is 15.2 Å². The first kappa shape index (κ1) is 23.0. The minimum absolute atomic E-state index is 0.113. The number of likely N-dealkylation sites (tertiary alicyclic amines) is 1. The summed E-state index contributed by atoms with van der Waals surface area (Å²) >= 11 is 0. The molecule has 168 valence electrons. The molecule has 0 aliphatic carbocycles. The lowest BCUT2D eigenvalue weighted by Crippen LogP contribution is -2.54. The van der Waals surface area contributed by atoms with Crippen LogP contribution in [0.2, 0.25) is 0 Å². The smallest absolute Gasteiger partial charge is 0.416 e. The van der Waals surface area contributed by atoms with E-state index >= 15 is 0 Å². The summed E-state index contributed by atoms with van der Waals surface area (Å²) in [6, 6.07) is 8.83. The molecular formula is C22H24F4N2O3. The van der Waals surface area contributed by atoms with Gasteiger partial charge in [-0.05, 0) is 30.7 Å². The molecule has 1 aliphatic rings. The number of nitrogens with zero attached hydrogens (tertiary/aromatic N) is 1. The highest BCUT2D eigenvalue weighted by atomic mass is 19.4. The predicted octanol–water partition coefficient (Wildman–Crippen LogP) is 3.35. The Morgan fingerprint density at radius 1 is 1.26 bits per heavy atom. The van der Waals surface area contributed by atoms with Crippen molar-refractivity contribution in [3.8, 4) is 5.75 Å². The maximum absolute atomic E-state index is 14.4. The average molecular weight is 440 g/mol. The summed E-state index contributed by atoms with van der Waals surface area (Å²) in [4.78, 5) is 13.9. The lowest BCUT2D eigenvalue weighted by atomic mass is 9.97. The molecular weight excluding hydrogens is 416 g/mol. The lowest BCUT2D eigenvalue weighted by molar-refractivity contribution is -0.137. The summed E-state index contributed by atoms with van der Waals surface area (Å²) in [7, 11) is 0. The minimum atomic E-state index is -4.43. The third-order valence-electron chi connectivity index (χ3n) is 5.07. The molecule has 5 nitrogen and oxygen atoms in total. The molecule has 3 rings (SSSR count). The van der Waals surface area contributed by atoms with E-state index in [1.165, 1.54) is 18.2 Å². The van der Waals surface area contributed by atoms with Gasteiger partial charge in [0.2, 0.25) is 5.91 Å². The first-order valence-electron chi connectivity index (χ1n) is 9.86. The highest BCUT2D eigenvalue weighted by Gasteiger charge is 2.33. The number of benzene rings is 2. The molecule has 2 aromatic rings. The number of hydrogen-bond acceptors (Lipinski definition) is 4. The molecule has 1 heterocycles. The Bertz CT molecular complexity index is 914. The number of aliphatic hydroxyl groups is 1. The molecule has 31 heavy (non-hydrogen) atoms. The Morgan fingerprint density at radius 2 is 2.00 bits per heavy atom. The summed E-state index contributed by atoms with van der Waals surface area (Å²) in [5.74, 6) is -0.579. The Balaban J connectivity index is 1.50. The monoisotopic (exact) mass is 440 g/mol. The first-order chi connectivity index (χ1) is 14.7. The summed E-state index contributed by atoms with van der Waals surface area (Å²) in [5, 5.41) is 11.7. The van der Waals surface area contributed by atoms with Gasteiger partial charge in [0, 0.05) is 37.3 Å². The van der Waals surface area contributed by atoms with Crippen molar-refractivity contribution in [2.24, 2.45) is 5.92 Å². The van der Waals surface area contributed by atoms with Gasteiger partial charge >= 0.3 is 6.18 Å². The second-order valence-electron chi connectivity index (χ2n) is 7.72. The molecule has 0 aromatic heterocycles. The van der Waals surface area contributed by atoms with Crippen LogP contribution in [0.4, 0.5) is 17.6 Å². The zero-order valence-corrected chi connectivity index (χ0v) is 17.0. The molecule has 1 atom stereocenters. The molecule has 0 saturated carbocycles. The SMILES string of the molecule is C[C@@H](CO)NC(=O)C1CN(Cc2ccc(OCc3cccc(C(F)(F)F)c3)cc2F)C1. The van der Waals surface area contributed by atoms with E-state index in [9.17, 15) is 22.4 Å². The van der Waals surface area contributed by atoms with Crippen LogP contribution in [0.25, 0.3) is 0 Å². The van der Waals surface area contributed by atoms with Gasteiger partial charge in [-0.15, -0.1) is 0 Å². The quantitative estimate of drug-likeness (QED) is 0.618. The number of halogens is 4. The highest BCUT2D eigenvalue weighted by molar-refractivity contribution is 5.80. The molecule has 9 heteroatoms. The van der Waals surface area contributed by atoms with Gasteiger partial charge in [-0.25, -0.2) is 4.39 Å². The maximum Gasteiger partial charge on any atom is 0.416 e. The van der Waals surface area contributed by atoms with Crippen molar-refractivity contribution in [3.63, 3.8) is 0 Å². The predicted molar refractivity (Wildman–Crippen MR) is 106 cm³/mol. The number of nitrogens with one attached hydrogen (secondary N) is 1. The van der Waals surface area contributed by atoms with Crippen molar-refractivity contribution in [2.45, 2.75) is 32.3 Å². The normalized spacial score (nSPS) is 15.9. The molecule has 1 saturated heterocycles. The second-order valence-corrected chi connectivity index (χ2v) is 7.72. The van der Waals surface area contributed by atoms with Crippen LogP contribution in [0.1, 0.15) is 23.6 Å². The number of carbonyl (C=O) groups is 1. The largest absolute Gasteiger partial charge is 0.489 e. The molecule has 0 spiro atoms. The van der Waals surface area contributed by atoms with E-state index < -0.39 is 17.6 Å². The average Bonchev–Trinajstić information content (AvgIpc) is 2.69. The molecule has 1 fully saturated rings. The molecule has 2 aromatic carbocycles. The molecule has 0 bridgehead atoms. The molecule has 0 unspecified atom stereocenters. The van der Waals surface area contributed by atoms with Crippen LogP contribution in [-0.4, -0.2) is 41.7 Å². The van der Waals surface area contributed by atoms with Gasteiger partial charge in [-0.3, -0.25) is 9.69 Å². The Kier molecular flexibility index (Phi) is 7.17. The Morgan fingerprint density at radius 3 is 2.65 bits per heavy atom. The van der Waals surface area contributed by atoms with Crippen LogP contribution < -0.4 is 10.1 Å². The second kappa shape index (κ2) is 9.65. The summed E-state index contributed by atoms with van der Waals surface area (Å²) in [6.07, 6.45) is -4.43. The van der Waals surface area contributed by atoms with Gasteiger partial charge in [0.05, 0.1) is 18.1 Å². The van der Waals surface area contributed by atoms with Gasteiger partial charge in [-0.1, -0.05) is 18.2 Å². The van der Waals surface area contributed by atoms with Crippen LogP contribution in [0, 0.1) is 11.7 Å². The number of aliphatic hydroxyl groups excluding tert-OH is 1. The van der Waals surface area contributed by atoms with Crippen molar-refractivity contribution in [1.29, 1.82) is 0 Å². The standard InChI is InChI=1S/C22H24F4N2O3/c1-14(12-29)27-21(30)17-10-28(11-17)9-16-5-6-19(8-20(16)23)31-13-15-3-2-4-18(7-15)22(24,25)26/h2-8,14,17,29H,9-13H2,1H3,(H,27,30)/t14-/m0/s1. The maximum atomic E-state index is 14.4. The zero-order chi connectivity index (χ0) is 22.6. The van der Waals surface area contributed by atoms with E-state index in [-0.39, 0.29) is 36.8 Å². The lowest BCUT2D eigenvalue weighted by Gasteiger charge is -2.38. The van der Waals surface area contributed by atoms with Crippen molar-refractivity contribution in [3.05, 3.63) is 65.0 Å². The molecule has 1 amide bonds. The van der Waals surface area contributed by atoms with Gasteiger partial charge in [0.25, 0.3) is 0 Å². The van der Waals surface area contributed by atoms with Crippen molar-refractivity contribution >= 4 is 5.91 Å². The summed E-state index contributed by atoms with van der Waals surface area (Å²) in [6.45, 7) is 2.79. The van der Waals surface area contributed by atoms with Crippen LogP contribution in [0.5, 0.6) is 5.75 Å². The van der Waals surface area contributed by atoms with Gasteiger partial charge in [-0.2, -0.15) is 13.2 Å². The van der Waals surface area contributed by atoms with E-state index in [2.05, 4.69) is 5.32 Å². The fourth-order valence-corrected chi connectivity index (χ4v) is 3.26. The van der Waals surface area contributed by atoms with E-state index in [0.717, 1.165) is 12.1 Å². The van der Waals surface area contributed by atoms with E-state index in [1.54, 1.807) is 19.1 Å². The molecule has 1 aliphatic heterocycles. The van der Waals surface area contributed by atoms with Crippen LogP contribution >= 0.6 is 0 Å². The van der Waals surface area contributed by atoms with Gasteiger partial charge in [0.15, 0.2) is 0 Å². The fourth-order valence-electron chi connectivity index (χ4n) is 3.26. The third-order valence-corrected chi connectivity index (χ3v) is 5.07. The minimum Gasteiger partial charge on any atom is -0.489 e.